The van der Waals surface area contributed by atoms with E-state index in [9.17, 15) is 28.0 Å². The number of aryl methyl sites for hydroxylation is 1. The van der Waals surface area contributed by atoms with Crippen LogP contribution >= 0.6 is 11.6 Å². The Balaban J connectivity index is 2.25. The molecular weight excluding hydrogens is 469 g/mol. The number of nitriles is 1. The van der Waals surface area contributed by atoms with Gasteiger partial charge in [-0.25, -0.2) is 0 Å². The SMILES string of the molecule is C[C@H]([C@H](C(=O)Nc1cc(CCC(=O)OC(C)(C)C)ccc1C#N)C1C=CC(Cl)=CC1)C(F)(F)F. The minimum atomic E-state index is -4.59. The van der Waals surface area contributed by atoms with Crippen molar-refractivity contribution in [3.63, 3.8) is 0 Å². The minimum Gasteiger partial charge on any atom is -0.460 e. The average Bonchev–Trinajstić information content (AvgIpc) is 2.72. The van der Waals surface area contributed by atoms with Gasteiger partial charge in [-0.15, -0.1) is 0 Å². The van der Waals surface area contributed by atoms with E-state index in [1.54, 1.807) is 32.9 Å². The molecule has 0 radical (unpaired) electrons. The summed E-state index contributed by atoms with van der Waals surface area (Å²) in [5, 5.41) is 12.4. The van der Waals surface area contributed by atoms with E-state index < -0.39 is 41.4 Å². The standard InChI is InChI=1S/C25H28ClF3N2O3/c1-15(25(27,28)29)22(17-8-10-19(26)11-9-17)23(33)31-20-13-16(5-7-18(20)14-30)6-12-21(32)34-24(2,3)4/h5,7-8,10-11,13,15,17,22H,6,9,12H2,1-4H3,(H,31,33)/t15-,17?,22+/m1/s1. The second kappa shape index (κ2) is 11.1. The molecule has 1 aliphatic carbocycles. The van der Waals surface area contributed by atoms with Crippen molar-refractivity contribution >= 4 is 29.2 Å². The molecule has 1 aromatic carbocycles. The lowest BCUT2D eigenvalue weighted by Crippen LogP contribution is -2.40. The molecule has 0 aliphatic heterocycles. The van der Waals surface area contributed by atoms with Crippen molar-refractivity contribution in [1.29, 1.82) is 5.26 Å². The number of halogens is 4. The normalized spacial score (nSPS) is 17.9. The smallest absolute Gasteiger partial charge is 0.392 e. The number of carbonyl (C=O) groups is 2. The molecule has 9 heteroatoms. The van der Waals surface area contributed by atoms with E-state index >= 15 is 0 Å². The van der Waals surface area contributed by atoms with Crippen molar-refractivity contribution in [2.45, 2.75) is 58.7 Å². The van der Waals surface area contributed by atoms with Crippen LogP contribution in [0.15, 0.2) is 41.5 Å². The van der Waals surface area contributed by atoms with E-state index in [1.165, 1.54) is 24.3 Å². The van der Waals surface area contributed by atoms with Gasteiger partial charge in [-0.2, -0.15) is 18.4 Å². The molecule has 0 heterocycles. The molecule has 5 nitrogen and oxygen atoms in total. The van der Waals surface area contributed by atoms with Gasteiger partial charge in [0.1, 0.15) is 11.7 Å². The first-order valence-corrected chi connectivity index (χ1v) is 11.3. The van der Waals surface area contributed by atoms with Crippen LogP contribution in [0.5, 0.6) is 0 Å². The van der Waals surface area contributed by atoms with E-state index in [4.69, 9.17) is 16.3 Å². The molecule has 0 bridgehead atoms. The van der Waals surface area contributed by atoms with Gasteiger partial charge in [-0.05, 0) is 63.3 Å². The van der Waals surface area contributed by atoms with Gasteiger partial charge in [0, 0.05) is 11.5 Å². The van der Waals surface area contributed by atoms with Gasteiger partial charge in [0.05, 0.1) is 23.1 Å². The number of alkyl halides is 3. The molecule has 1 unspecified atom stereocenters. The Morgan fingerprint density at radius 2 is 1.97 bits per heavy atom. The maximum Gasteiger partial charge on any atom is 0.392 e. The van der Waals surface area contributed by atoms with Crippen LogP contribution in [0.4, 0.5) is 18.9 Å². The summed E-state index contributed by atoms with van der Waals surface area (Å²) in [5.41, 5.74) is 0.211. The van der Waals surface area contributed by atoms with Gasteiger partial charge in [-0.1, -0.05) is 36.7 Å². The fraction of sp³-hybridized carbons (Fsp3) is 0.480. The number of ether oxygens (including phenoxy) is 1. The number of carbonyl (C=O) groups excluding carboxylic acids is 2. The second-order valence-corrected chi connectivity index (χ2v) is 9.71. The molecule has 1 aromatic rings. The lowest BCUT2D eigenvalue weighted by atomic mass is 9.78. The summed E-state index contributed by atoms with van der Waals surface area (Å²) in [6.45, 7) is 6.23. The fourth-order valence-corrected chi connectivity index (χ4v) is 3.84. The largest absolute Gasteiger partial charge is 0.460 e. The monoisotopic (exact) mass is 496 g/mol. The number of rotatable bonds is 7. The Kier molecular flexibility index (Phi) is 8.96. The van der Waals surface area contributed by atoms with Crippen LogP contribution in [0.1, 0.15) is 51.7 Å². The van der Waals surface area contributed by atoms with Crippen molar-refractivity contribution in [2.24, 2.45) is 17.8 Å². The van der Waals surface area contributed by atoms with E-state index in [-0.39, 0.29) is 30.5 Å². The number of esters is 1. The molecular formula is C25H28ClF3N2O3. The molecule has 3 atom stereocenters. The highest BCUT2D eigenvalue weighted by Crippen LogP contribution is 2.39. The maximum absolute atomic E-state index is 13.6. The predicted molar refractivity (Wildman–Crippen MR) is 124 cm³/mol. The third-order valence-electron chi connectivity index (χ3n) is 5.41. The Morgan fingerprint density at radius 1 is 1.29 bits per heavy atom. The fourth-order valence-electron chi connectivity index (χ4n) is 3.68. The molecule has 0 saturated heterocycles. The molecule has 1 aliphatic rings. The number of hydrogen-bond donors (Lipinski definition) is 1. The summed E-state index contributed by atoms with van der Waals surface area (Å²) >= 11 is 5.89. The van der Waals surface area contributed by atoms with Crippen LogP contribution in [0, 0.1) is 29.1 Å². The summed E-state index contributed by atoms with van der Waals surface area (Å²) < 4.78 is 46.0. The maximum atomic E-state index is 13.6. The summed E-state index contributed by atoms with van der Waals surface area (Å²) in [5.74, 6) is -5.30. The lowest BCUT2D eigenvalue weighted by molar-refractivity contribution is -0.188. The summed E-state index contributed by atoms with van der Waals surface area (Å²) in [4.78, 5) is 25.1. The molecule has 1 amide bonds. The van der Waals surface area contributed by atoms with Crippen LogP contribution in [0.3, 0.4) is 0 Å². The quantitative estimate of drug-likeness (QED) is 0.450. The first kappa shape index (κ1) is 27.5. The third-order valence-corrected chi connectivity index (χ3v) is 5.69. The lowest BCUT2D eigenvalue weighted by Gasteiger charge is -2.31. The van der Waals surface area contributed by atoms with E-state index in [0.29, 0.717) is 10.6 Å². The Morgan fingerprint density at radius 3 is 2.50 bits per heavy atom. The molecule has 184 valence electrons. The number of nitrogens with zero attached hydrogens (tertiary/aromatic N) is 1. The van der Waals surface area contributed by atoms with Gasteiger partial charge in [-0.3, -0.25) is 9.59 Å². The highest BCUT2D eigenvalue weighted by Gasteiger charge is 2.46. The number of amides is 1. The zero-order valence-electron chi connectivity index (χ0n) is 19.5. The van der Waals surface area contributed by atoms with Crippen LogP contribution < -0.4 is 5.32 Å². The highest BCUT2D eigenvalue weighted by molar-refractivity contribution is 6.31. The van der Waals surface area contributed by atoms with Crippen molar-refractivity contribution in [1.82, 2.24) is 0 Å². The van der Waals surface area contributed by atoms with E-state index in [2.05, 4.69) is 5.32 Å². The molecule has 2 rings (SSSR count). The van der Waals surface area contributed by atoms with Crippen LogP contribution in [0.2, 0.25) is 0 Å². The number of allylic oxidation sites excluding steroid dienone is 4. The highest BCUT2D eigenvalue weighted by atomic mass is 35.5. The molecule has 0 spiro atoms. The first-order valence-electron chi connectivity index (χ1n) is 10.9. The zero-order chi connectivity index (χ0) is 25.7. The van der Waals surface area contributed by atoms with E-state index in [0.717, 1.165) is 6.92 Å². The minimum absolute atomic E-state index is 0.0737. The Labute approximate surface area is 202 Å². The Bertz CT molecular complexity index is 1020. The van der Waals surface area contributed by atoms with Crippen molar-refractivity contribution in [3.8, 4) is 6.07 Å². The summed E-state index contributed by atoms with van der Waals surface area (Å²) in [6, 6.07) is 6.54. The summed E-state index contributed by atoms with van der Waals surface area (Å²) in [7, 11) is 0. The number of nitrogens with one attached hydrogen (secondary N) is 1. The Hall–Kier alpha value is -2.79. The molecule has 0 aromatic heterocycles. The van der Waals surface area contributed by atoms with Crippen molar-refractivity contribution in [2.75, 3.05) is 5.32 Å². The average molecular weight is 497 g/mol. The summed E-state index contributed by atoms with van der Waals surface area (Å²) in [6.07, 6.45) is 0.524. The van der Waals surface area contributed by atoms with Crippen molar-refractivity contribution < 1.29 is 27.5 Å². The molecule has 1 N–H and O–H groups in total. The van der Waals surface area contributed by atoms with Crippen LogP contribution in [0.25, 0.3) is 0 Å². The van der Waals surface area contributed by atoms with Gasteiger partial charge >= 0.3 is 12.1 Å². The van der Waals surface area contributed by atoms with Crippen LogP contribution in [-0.2, 0) is 20.7 Å². The van der Waals surface area contributed by atoms with Gasteiger partial charge in [0.2, 0.25) is 5.91 Å². The van der Waals surface area contributed by atoms with Crippen LogP contribution in [-0.4, -0.2) is 23.7 Å². The zero-order valence-corrected chi connectivity index (χ0v) is 20.3. The molecule has 0 saturated carbocycles. The van der Waals surface area contributed by atoms with Gasteiger partial charge in [0.15, 0.2) is 0 Å². The van der Waals surface area contributed by atoms with Gasteiger partial charge in [0.25, 0.3) is 0 Å². The van der Waals surface area contributed by atoms with E-state index in [1.807, 2.05) is 6.07 Å². The molecule has 0 fully saturated rings. The van der Waals surface area contributed by atoms with Crippen molar-refractivity contribution in [3.05, 3.63) is 52.6 Å². The van der Waals surface area contributed by atoms with Gasteiger partial charge < -0.3 is 10.1 Å². The number of hydrogen-bond acceptors (Lipinski definition) is 4. The third kappa shape index (κ3) is 7.91. The topological polar surface area (TPSA) is 79.2 Å². The first-order chi connectivity index (χ1) is 15.7. The molecule has 34 heavy (non-hydrogen) atoms. The predicted octanol–water partition coefficient (Wildman–Crippen LogP) is 6.28. The second-order valence-electron chi connectivity index (χ2n) is 9.27. The number of anilines is 1. The number of benzene rings is 1.